The van der Waals surface area contributed by atoms with Crippen LogP contribution in [0, 0.1) is 6.92 Å². The van der Waals surface area contributed by atoms with Gasteiger partial charge in [-0.25, -0.2) is 0 Å². The van der Waals surface area contributed by atoms with E-state index < -0.39 is 12.1 Å². The zero-order chi connectivity index (χ0) is 23.1. The molecule has 5 nitrogen and oxygen atoms in total. The van der Waals surface area contributed by atoms with Gasteiger partial charge in [-0.2, -0.15) is 0 Å². The quantitative estimate of drug-likeness (QED) is 0.315. The lowest BCUT2D eigenvalue weighted by Crippen LogP contribution is -2.21. The Bertz CT molecular complexity index is 1110. The molecular weight excluding hydrogens is 449 g/mol. The molecule has 0 aromatic heterocycles. The molecule has 0 saturated heterocycles. The van der Waals surface area contributed by atoms with Crippen molar-refractivity contribution in [2.75, 3.05) is 5.32 Å². The number of hydrogen-bond acceptors (Lipinski definition) is 4. The Balaban J connectivity index is 1.65. The predicted molar refractivity (Wildman–Crippen MR) is 125 cm³/mol. The number of aryl methyl sites for hydroxylation is 1. The first-order valence-electron chi connectivity index (χ1n) is 9.93. The second kappa shape index (κ2) is 10.9. The van der Waals surface area contributed by atoms with Gasteiger partial charge in [-0.05, 0) is 36.8 Å². The summed E-state index contributed by atoms with van der Waals surface area (Å²) in [6.07, 6.45) is -1.42. The zero-order valence-corrected chi connectivity index (χ0v) is 18.8. The average molecular weight is 470 g/mol. The van der Waals surface area contributed by atoms with Crippen molar-refractivity contribution in [2.24, 2.45) is 0 Å². The van der Waals surface area contributed by atoms with Crippen LogP contribution >= 0.6 is 23.2 Å². The Morgan fingerprint density at radius 3 is 2.25 bits per heavy atom. The largest absolute Gasteiger partial charge is 0.449 e. The highest BCUT2D eigenvalue weighted by molar-refractivity contribution is 6.31. The number of esters is 1. The maximum absolute atomic E-state index is 13.0. The van der Waals surface area contributed by atoms with E-state index in [0.717, 1.165) is 5.56 Å². The second-order valence-electron chi connectivity index (χ2n) is 7.16. The SMILES string of the molecule is Cc1ccc(NC(=O)CCC(=O)O[C@H](C(=O)c2ccccc2)c2ccc(Cl)cc2)cc1Cl. The lowest BCUT2D eigenvalue weighted by molar-refractivity contribution is -0.148. The number of rotatable bonds is 8. The highest BCUT2D eigenvalue weighted by Gasteiger charge is 2.26. The Morgan fingerprint density at radius 2 is 1.59 bits per heavy atom. The van der Waals surface area contributed by atoms with E-state index in [1.165, 1.54) is 0 Å². The molecule has 1 atom stereocenters. The van der Waals surface area contributed by atoms with E-state index in [0.29, 0.717) is 26.9 Å². The van der Waals surface area contributed by atoms with Crippen LogP contribution in [0.2, 0.25) is 10.0 Å². The van der Waals surface area contributed by atoms with Gasteiger partial charge in [-0.3, -0.25) is 14.4 Å². The summed E-state index contributed by atoms with van der Waals surface area (Å²) in [7, 11) is 0. The molecular formula is C25H21Cl2NO4. The number of nitrogens with one attached hydrogen (secondary N) is 1. The minimum absolute atomic E-state index is 0.100. The van der Waals surface area contributed by atoms with Crippen molar-refractivity contribution in [2.45, 2.75) is 25.9 Å². The Labute approximate surface area is 196 Å². The molecule has 0 spiro atoms. The fourth-order valence-corrected chi connectivity index (χ4v) is 3.27. The summed E-state index contributed by atoms with van der Waals surface area (Å²) in [5.41, 5.74) is 2.34. The number of hydrogen-bond donors (Lipinski definition) is 1. The first kappa shape index (κ1) is 23.5. The second-order valence-corrected chi connectivity index (χ2v) is 8.01. The average Bonchev–Trinajstić information content (AvgIpc) is 2.79. The number of carbonyl (C=O) groups excluding carboxylic acids is 3. The van der Waals surface area contributed by atoms with E-state index in [9.17, 15) is 14.4 Å². The monoisotopic (exact) mass is 469 g/mol. The van der Waals surface area contributed by atoms with Gasteiger partial charge in [0.05, 0.1) is 6.42 Å². The van der Waals surface area contributed by atoms with E-state index in [1.807, 2.05) is 6.92 Å². The van der Waals surface area contributed by atoms with Crippen molar-refractivity contribution >= 4 is 46.5 Å². The molecule has 0 aliphatic rings. The summed E-state index contributed by atoms with van der Waals surface area (Å²) in [6, 6.07) is 20.2. The normalized spacial score (nSPS) is 11.5. The third-order valence-corrected chi connectivity index (χ3v) is 5.39. The van der Waals surface area contributed by atoms with Gasteiger partial charge < -0.3 is 10.1 Å². The Kier molecular flexibility index (Phi) is 8.03. The van der Waals surface area contributed by atoms with Gasteiger partial charge in [-0.1, -0.05) is 71.7 Å². The molecule has 1 amide bonds. The molecule has 3 aromatic rings. The van der Waals surface area contributed by atoms with Gasteiger partial charge in [0, 0.05) is 33.3 Å². The summed E-state index contributed by atoms with van der Waals surface area (Å²) in [6.45, 7) is 1.86. The van der Waals surface area contributed by atoms with Crippen molar-refractivity contribution in [3.63, 3.8) is 0 Å². The maximum atomic E-state index is 13.0. The van der Waals surface area contributed by atoms with Crippen LogP contribution in [-0.4, -0.2) is 17.7 Å². The molecule has 3 rings (SSSR count). The molecule has 7 heteroatoms. The van der Waals surface area contributed by atoms with E-state index in [1.54, 1.807) is 72.8 Å². The van der Waals surface area contributed by atoms with Crippen LogP contribution in [-0.2, 0) is 14.3 Å². The fourth-order valence-electron chi connectivity index (χ4n) is 2.96. The van der Waals surface area contributed by atoms with Crippen molar-refractivity contribution in [3.8, 4) is 0 Å². The van der Waals surface area contributed by atoms with E-state index in [2.05, 4.69) is 5.32 Å². The minimum Gasteiger partial charge on any atom is -0.449 e. The number of Topliss-reactive ketones (excluding diaryl/α,β-unsaturated/α-hetero) is 1. The van der Waals surface area contributed by atoms with Gasteiger partial charge in [0.2, 0.25) is 11.7 Å². The summed E-state index contributed by atoms with van der Waals surface area (Å²) in [4.78, 5) is 37.7. The first-order valence-corrected chi connectivity index (χ1v) is 10.7. The molecule has 0 aliphatic heterocycles. The van der Waals surface area contributed by atoms with Gasteiger partial charge in [0.15, 0.2) is 6.10 Å². The molecule has 0 aliphatic carbocycles. The van der Waals surface area contributed by atoms with Crippen LogP contribution in [0.4, 0.5) is 5.69 Å². The number of anilines is 1. The molecule has 0 fully saturated rings. The van der Waals surface area contributed by atoms with Gasteiger partial charge in [0.1, 0.15) is 0 Å². The number of ether oxygens (including phenoxy) is 1. The van der Waals surface area contributed by atoms with Crippen LogP contribution in [0.1, 0.15) is 40.4 Å². The number of benzene rings is 3. The molecule has 0 heterocycles. The molecule has 0 bridgehead atoms. The molecule has 32 heavy (non-hydrogen) atoms. The summed E-state index contributed by atoms with van der Waals surface area (Å²) < 4.78 is 5.50. The minimum atomic E-state index is -1.14. The lowest BCUT2D eigenvalue weighted by Gasteiger charge is -2.17. The van der Waals surface area contributed by atoms with Gasteiger partial charge in [-0.15, -0.1) is 0 Å². The van der Waals surface area contributed by atoms with Crippen LogP contribution in [0.15, 0.2) is 72.8 Å². The topological polar surface area (TPSA) is 72.5 Å². The van der Waals surface area contributed by atoms with E-state index >= 15 is 0 Å². The summed E-state index contributed by atoms with van der Waals surface area (Å²) in [5, 5.41) is 3.73. The Hall–Kier alpha value is -3.15. The molecule has 164 valence electrons. The zero-order valence-electron chi connectivity index (χ0n) is 17.3. The third-order valence-electron chi connectivity index (χ3n) is 4.73. The summed E-state index contributed by atoms with van der Waals surface area (Å²) >= 11 is 12.0. The van der Waals surface area contributed by atoms with Crippen molar-refractivity contribution < 1.29 is 19.1 Å². The van der Waals surface area contributed by atoms with Crippen LogP contribution in [0.3, 0.4) is 0 Å². The smallest absolute Gasteiger partial charge is 0.307 e. The number of amides is 1. The highest BCUT2D eigenvalue weighted by Crippen LogP contribution is 2.25. The van der Waals surface area contributed by atoms with E-state index in [4.69, 9.17) is 27.9 Å². The summed E-state index contributed by atoms with van der Waals surface area (Å²) in [5.74, 6) is -1.38. The van der Waals surface area contributed by atoms with Gasteiger partial charge >= 0.3 is 5.97 Å². The standard InChI is InChI=1S/C25H21Cl2NO4/c1-16-7-12-20(15-21(16)27)28-22(29)13-14-23(30)32-25(18-8-10-19(26)11-9-18)24(31)17-5-3-2-4-6-17/h2-12,15,25H,13-14H2,1H3,(H,28,29)/t25-/m0/s1. The first-order chi connectivity index (χ1) is 15.3. The third kappa shape index (κ3) is 6.42. The fraction of sp³-hybridized carbons (Fsp3) is 0.160. The number of carbonyl (C=O) groups is 3. The van der Waals surface area contributed by atoms with Crippen molar-refractivity contribution in [1.29, 1.82) is 0 Å². The van der Waals surface area contributed by atoms with Crippen molar-refractivity contribution in [3.05, 3.63) is 99.5 Å². The van der Waals surface area contributed by atoms with E-state index in [-0.39, 0.29) is 24.5 Å². The van der Waals surface area contributed by atoms with Crippen LogP contribution in [0.5, 0.6) is 0 Å². The predicted octanol–water partition coefficient (Wildman–Crippen LogP) is 6.19. The molecule has 0 radical (unpaired) electrons. The number of ketones is 1. The maximum Gasteiger partial charge on any atom is 0.307 e. The molecule has 1 N–H and O–H groups in total. The molecule has 3 aromatic carbocycles. The Morgan fingerprint density at radius 1 is 0.906 bits per heavy atom. The van der Waals surface area contributed by atoms with Gasteiger partial charge in [0.25, 0.3) is 0 Å². The molecule has 0 unspecified atom stereocenters. The highest BCUT2D eigenvalue weighted by atomic mass is 35.5. The van der Waals surface area contributed by atoms with Crippen LogP contribution < -0.4 is 5.32 Å². The van der Waals surface area contributed by atoms with Crippen LogP contribution in [0.25, 0.3) is 0 Å². The van der Waals surface area contributed by atoms with Crippen molar-refractivity contribution in [1.82, 2.24) is 0 Å². The molecule has 0 saturated carbocycles. The number of halogens is 2. The lowest BCUT2D eigenvalue weighted by atomic mass is 10.00.